The van der Waals surface area contributed by atoms with Gasteiger partial charge < -0.3 is 9.88 Å². The molecule has 1 fully saturated rings. The third-order valence-corrected chi connectivity index (χ3v) is 3.27. The van der Waals surface area contributed by atoms with Crippen molar-refractivity contribution in [3.05, 3.63) is 35.5 Å². The standard InChI is InChI=1S/C12H11ClN2O/c13-9-1-2-10-8(7-9)4-6-15(10)11-3-5-14-12(11)16/h1-2,4,6-7,11H,3,5H2,(H,14,16). The van der Waals surface area contributed by atoms with Gasteiger partial charge in [-0.1, -0.05) is 11.6 Å². The summed E-state index contributed by atoms with van der Waals surface area (Å²) in [6, 6.07) is 7.66. The molecular weight excluding hydrogens is 224 g/mol. The fraction of sp³-hybridized carbons (Fsp3) is 0.250. The molecule has 0 aliphatic carbocycles. The van der Waals surface area contributed by atoms with E-state index in [1.54, 1.807) is 0 Å². The van der Waals surface area contributed by atoms with Crippen LogP contribution in [0, 0.1) is 0 Å². The van der Waals surface area contributed by atoms with Crippen LogP contribution in [0.2, 0.25) is 5.02 Å². The third-order valence-electron chi connectivity index (χ3n) is 3.04. The lowest BCUT2D eigenvalue weighted by Gasteiger charge is -2.10. The maximum atomic E-state index is 11.6. The first-order valence-electron chi connectivity index (χ1n) is 5.29. The second-order valence-corrected chi connectivity index (χ2v) is 4.46. The van der Waals surface area contributed by atoms with Crippen molar-refractivity contribution in [1.29, 1.82) is 0 Å². The summed E-state index contributed by atoms with van der Waals surface area (Å²) < 4.78 is 2.02. The number of aromatic nitrogens is 1. The van der Waals surface area contributed by atoms with E-state index in [1.807, 2.05) is 35.0 Å². The van der Waals surface area contributed by atoms with Gasteiger partial charge in [0.05, 0.1) is 0 Å². The lowest BCUT2D eigenvalue weighted by atomic mass is 10.2. The minimum atomic E-state index is -0.0707. The summed E-state index contributed by atoms with van der Waals surface area (Å²) in [4.78, 5) is 11.6. The van der Waals surface area contributed by atoms with Gasteiger partial charge in [0.2, 0.25) is 5.91 Å². The number of hydrogen-bond acceptors (Lipinski definition) is 1. The largest absolute Gasteiger partial charge is 0.354 e. The molecule has 3 rings (SSSR count). The van der Waals surface area contributed by atoms with Crippen molar-refractivity contribution in [3.8, 4) is 0 Å². The number of fused-ring (bicyclic) bond motifs is 1. The lowest BCUT2D eigenvalue weighted by Crippen LogP contribution is -2.21. The monoisotopic (exact) mass is 234 g/mol. The van der Waals surface area contributed by atoms with Crippen LogP contribution in [0.1, 0.15) is 12.5 Å². The van der Waals surface area contributed by atoms with E-state index < -0.39 is 0 Å². The fourth-order valence-corrected chi connectivity index (χ4v) is 2.43. The zero-order chi connectivity index (χ0) is 11.1. The van der Waals surface area contributed by atoms with Crippen molar-refractivity contribution < 1.29 is 4.79 Å². The van der Waals surface area contributed by atoms with Crippen LogP contribution in [0.5, 0.6) is 0 Å². The van der Waals surface area contributed by atoms with Gasteiger partial charge >= 0.3 is 0 Å². The second kappa shape index (κ2) is 3.52. The van der Waals surface area contributed by atoms with Crippen molar-refractivity contribution in [2.24, 2.45) is 0 Å². The molecule has 0 radical (unpaired) electrons. The van der Waals surface area contributed by atoms with Crippen LogP contribution in [-0.4, -0.2) is 17.0 Å². The molecule has 1 atom stereocenters. The highest BCUT2D eigenvalue weighted by atomic mass is 35.5. The van der Waals surface area contributed by atoms with E-state index in [0.29, 0.717) is 0 Å². The van der Waals surface area contributed by atoms with Crippen molar-refractivity contribution in [1.82, 2.24) is 9.88 Å². The zero-order valence-electron chi connectivity index (χ0n) is 8.61. The van der Waals surface area contributed by atoms with Crippen molar-refractivity contribution in [2.45, 2.75) is 12.5 Å². The Labute approximate surface area is 98.0 Å². The summed E-state index contributed by atoms with van der Waals surface area (Å²) in [6.07, 6.45) is 2.81. The first kappa shape index (κ1) is 9.73. The van der Waals surface area contributed by atoms with Crippen molar-refractivity contribution in [2.75, 3.05) is 6.54 Å². The molecule has 2 heterocycles. The van der Waals surface area contributed by atoms with Gasteiger partial charge in [-0.3, -0.25) is 4.79 Å². The van der Waals surface area contributed by atoms with E-state index in [4.69, 9.17) is 11.6 Å². The number of nitrogens with zero attached hydrogens (tertiary/aromatic N) is 1. The summed E-state index contributed by atoms with van der Waals surface area (Å²) in [5, 5.41) is 4.65. The van der Waals surface area contributed by atoms with Gasteiger partial charge in [-0.2, -0.15) is 0 Å². The number of carbonyl (C=O) groups excluding carboxylic acids is 1. The van der Waals surface area contributed by atoms with E-state index in [9.17, 15) is 4.79 Å². The average Bonchev–Trinajstić information content (AvgIpc) is 2.83. The Morgan fingerprint density at radius 1 is 1.38 bits per heavy atom. The Morgan fingerprint density at radius 3 is 3.00 bits per heavy atom. The molecule has 1 aromatic carbocycles. The SMILES string of the molecule is O=C1NCCC1n1ccc2cc(Cl)ccc21. The number of carbonyl (C=O) groups is 1. The number of rotatable bonds is 1. The normalized spacial score (nSPS) is 20.3. The molecule has 0 bridgehead atoms. The maximum absolute atomic E-state index is 11.6. The molecule has 4 heteroatoms. The van der Waals surface area contributed by atoms with Crippen molar-refractivity contribution in [3.63, 3.8) is 0 Å². The third kappa shape index (κ3) is 1.39. The summed E-state index contributed by atoms with van der Waals surface area (Å²) >= 11 is 5.93. The number of halogens is 1. The molecule has 82 valence electrons. The molecule has 0 spiro atoms. The Kier molecular flexibility index (Phi) is 2.14. The number of hydrogen-bond donors (Lipinski definition) is 1. The summed E-state index contributed by atoms with van der Waals surface area (Å²) in [6.45, 7) is 0.761. The summed E-state index contributed by atoms with van der Waals surface area (Å²) in [7, 11) is 0. The summed E-state index contributed by atoms with van der Waals surface area (Å²) in [5.74, 6) is 0.104. The first-order chi connectivity index (χ1) is 7.75. The molecule has 16 heavy (non-hydrogen) atoms. The van der Waals surface area contributed by atoms with Gasteiger partial charge in [0.25, 0.3) is 0 Å². The topological polar surface area (TPSA) is 34.0 Å². The fourth-order valence-electron chi connectivity index (χ4n) is 2.25. The zero-order valence-corrected chi connectivity index (χ0v) is 9.37. The quantitative estimate of drug-likeness (QED) is 0.808. The molecule has 1 aliphatic rings. The molecule has 1 unspecified atom stereocenters. The minimum absolute atomic E-state index is 0.0707. The highest BCUT2D eigenvalue weighted by molar-refractivity contribution is 6.31. The van der Waals surface area contributed by atoms with Gasteiger partial charge in [0.15, 0.2) is 0 Å². The first-order valence-corrected chi connectivity index (χ1v) is 5.67. The molecule has 1 N–H and O–H groups in total. The molecule has 1 saturated heterocycles. The number of amides is 1. The van der Waals surface area contributed by atoms with Crippen LogP contribution < -0.4 is 5.32 Å². The Bertz CT molecular complexity index is 561. The minimum Gasteiger partial charge on any atom is -0.354 e. The van der Waals surface area contributed by atoms with Gasteiger partial charge in [-0.05, 0) is 30.7 Å². The molecular formula is C12H11ClN2O. The van der Waals surface area contributed by atoms with Gasteiger partial charge in [-0.25, -0.2) is 0 Å². The molecule has 1 aromatic heterocycles. The van der Waals surface area contributed by atoms with Gasteiger partial charge in [0, 0.05) is 28.7 Å². The Balaban J connectivity index is 2.14. The number of nitrogens with one attached hydrogen (secondary N) is 1. The van der Waals surface area contributed by atoms with Crippen LogP contribution in [0.15, 0.2) is 30.5 Å². The van der Waals surface area contributed by atoms with Crippen LogP contribution in [0.25, 0.3) is 10.9 Å². The molecule has 3 nitrogen and oxygen atoms in total. The highest BCUT2D eigenvalue weighted by Gasteiger charge is 2.26. The highest BCUT2D eigenvalue weighted by Crippen LogP contribution is 2.26. The molecule has 0 saturated carbocycles. The predicted molar refractivity (Wildman–Crippen MR) is 63.6 cm³/mol. The molecule has 2 aromatic rings. The molecule has 1 amide bonds. The average molecular weight is 235 g/mol. The number of benzene rings is 1. The van der Waals surface area contributed by atoms with E-state index in [1.165, 1.54) is 0 Å². The van der Waals surface area contributed by atoms with E-state index in [-0.39, 0.29) is 11.9 Å². The van der Waals surface area contributed by atoms with Crippen molar-refractivity contribution >= 4 is 28.4 Å². The smallest absolute Gasteiger partial charge is 0.243 e. The van der Waals surface area contributed by atoms with E-state index in [2.05, 4.69) is 5.32 Å². The molecule has 1 aliphatic heterocycles. The Hall–Kier alpha value is -1.48. The van der Waals surface area contributed by atoms with E-state index >= 15 is 0 Å². The van der Waals surface area contributed by atoms with Crippen LogP contribution in [0.3, 0.4) is 0 Å². The van der Waals surface area contributed by atoms with Gasteiger partial charge in [-0.15, -0.1) is 0 Å². The second-order valence-electron chi connectivity index (χ2n) is 4.02. The predicted octanol–water partition coefficient (Wildman–Crippen LogP) is 2.36. The summed E-state index contributed by atoms with van der Waals surface area (Å²) in [5.41, 5.74) is 1.06. The van der Waals surface area contributed by atoms with E-state index in [0.717, 1.165) is 28.9 Å². The van der Waals surface area contributed by atoms with Gasteiger partial charge in [0.1, 0.15) is 6.04 Å². The maximum Gasteiger partial charge on any atom is 0.243 e. The van der Waals surface area contributed by atoms with Crippen LogP contribution in [0.4, 0.5) is 0 Å². The van der Waals surface area contributed by atoms with Crippen LogP contribution in [-0.2, 0) is 4.79 Å². The Morgan fingerprint density at radius 2 is 2.25 bits per heavy atom. The van der Waals surface area contributed by atoms with Crippen LogP contribution >= 0.6 is 11.6 Å². The lowest BCUT2D eigenvalue weighted by molar-refractivity contribution is -0.121.